The van der Waals surface area contributed by atoms with E-state index in [0.717, 1.165) is 32.0 Å². The first-order valence-electron chi connectivity index (χ1n) is 11.6. The number of nitrogens with zero attached hydrogens (tertiary/aromatic N) is 1. The van der Waals surface area contributed by atoms with Crippen molar-refractivity contribution in [3.05, 3.63) is 107 Å². The third-order valence-electron chi connectivity index (χ3n) is 6.84. The predicted octanol–water partition coefficient (Wildman–Crippen LogP) is 5.71. The molecule has 0 saturated carbocycles. The second-order valence-corrected chi connectivity index (χ2v) is 8.94. The van der Waals surface area contributed by atoms with Crippen molar-refractivity contribution in [2.75, 3.05) is 26.2 Å². The molecule has 0 aromatic heterocycles. The van der Waals surface area contributed by atoms with Gasteiger partial charge < -0.3 is 10.2 Å². The summed E-state index contributed by atoms with van der Waals surface area (Å²) in [6.45, 7) is 2.64. The average molecular weight is 467 g/mol. The van der Waals surface area contributed by atoms with Crippen LogP contribution in [0, 0.1) is 0 Å². The molecule has 1 N–H and O–H groups in total. The SMILES string of the molecule is O=C(NCC1(c2ccccc2)CCN(CCc2ccccc2C(F)(F)F)CC1)c1ccccc1. The average Bonchev–Trinajstić information content (AvgIpc) is 2.87. The van der Waals surface area contributed by atoms with Gasteiger partial charge in [-0.2, -0.15) is 13.2 Å². The molecule has 1 heterocycles. The van der Waals surface area contributed by atoms with Crippen molar-refractivity contribution < 1.29 is 18.0 Å². The molecule has 1 amide bonds. The number of rotatable bonds is 7. The lowest BCUT2D eigenvalue weighted by molar-refractivity contribution is -0.138. The van der Waals surface area contributed by atoms with Crippen LogP contribution < -0.4 is 5.32 Å². The van der Waals surface area contributed by atoms with Crippen LogP contribution in [0.25, 0.3) is 0 Å². The first kappa shape index (κ1) is 24.0. The summed E-state index contributed by atoms with van der Waals surface area (Å²) >= 11 is 0. The van der Waals surface area contributed by atoms with E-state index in [1.165, 1.54) is 11.6 Å². The smallest absolute Gasteiger partial charge is 0.351 e. The molecule has 3 aromatic rings. The van der Waals surface area contributed by atoms with E-state index in [0.29, 0.717) is 30.6 Å². The normalized spacial score (nSPS) is 16.2. The standard InChI is InChI=1S/C28H29F3N2O/c29-28(30,31)25-14-8-7-9-22(25)15-18-33-19-16-27(17-20-33,24-12-5-2-6-13-24)21-32-26(34)23-10-3-1-4-11-23/h1-14H,15-21H2,(H,32,34). The van der Waals surface area contributed by atoms with Crippen LogP contribution in [0.1, 0.15) is 39.9 Å². The number of hydrogen-bond acceptors (Lipinski definition) is 2. The van der Waals surface area contributed by atoms with E-state index in [1.54, 1.807) is 24.3 Å². The van der Waals surface area contributed by atoms with Gasteiger partial charge in [0.05, 0.1) is 5.56 Å². The van der Waals surface area contributed by atoms with Gasteiger partial charge in [0.15, 0.2) is 0 Å². The van der Waals surface area contributed by atoms with Crippen molar-refractivity contribution in [3.63, 3.8) is 0 Å². The van der Waals surface area contributed by atoms with Gasteiger partial charge in [-0.3, -0.25) is 4.79 Å². The fourth-order valence-electron chi connectivity index (χ4n) is 4.80. The molecule has 6 heteroatoms. The number of nitrogens with one attached hydrogen (secondary N) is 1. The molecule has 3 nitrogen and oxygen atoms in total. The van der Waals surface area contributed by atoms with Gasteiger partial charge in [-0.05, 0) is 61.7 Å². The lowest BCUT2D eigenvalue weighted by atomic mass is 9.72. The van der Waals surface area contributed by atoms with Crippen LogP contribution in [0.5, 0.6) is 0 Å². The third-order valence-corrected chi connectivity index (χ3v) is 6.84. The van der Waals surface area contributed by atoms with Gasteiger partial charge in [-0.1, -0.05) is 66.7 Å². The maximum Gasteiger partial charge on any atom is 0.416 e. The van der Waals surface area contributed by atoms with E-state index >= 15 is 0 Å². The number of carbonyl (C=O) groups is 1. The molecule has 0 bridgehead atoms. The molecule has 178 valence electrons. The number of hydrogen-bond donors (Lipinski definition) is 1. The molecule has 1 fully saturated rings. The molecule has 0 atom stereocenters. The van der Waals surface area contributed by atoms with Gasteiger partial charge in [0, 0.05) is 24.1 Å². The number of benzene rings is 3. The fourth-order valence-corrected chi connectivity index (χ4v) is 4.80. The van der Waals surface area contributed by atoms with Crippen molar-refractivity contribution in [3.8, 4) is 0 Å². The first-order valence-corrected chi connectivity index (χ1v) is 11.6. The maximum atomic E-state index is 13.3. The number of piperidine rings is 1. The van der Waals surface area contributed by atoms with Crippen molar-refractivity contribution in [2.24, 2.45) is 0 Å². The van der Waals surface area contributed by atoms with Crippen LogP contribution in [0.4, 0.5) is 13.2 Å². The van der Waals surface area contributed by atoms with Crippen molar-refractivity contribution in [1.29, 1.82) is 0 Å². The Bertz CT molecular complexity index is 1080. The lowest BCUT2D eigenvalue weighted by Crippen LogP contribution is -2.49. The summed E-state index contributed by atoms with van der Waals surface area (Å²) in [5.74, 6) is -0.0953. The highest BCUT2D eigenvalue weighted by molar-refractivity contribution is 5.94. The minimum absolute atomic E-state index is 0.0953. The van der Waals surface area contributed by atoms with Gasteiger partial charge in [-0.25, -0.2) is 0 Å². The molecule has 0 unspecified atom stereocenters. The minimum atomic E-state index is -4.34. The van der Waals surface area contributed by atoms with E-state index in [1.807, 2.05) is 36.4 Å². The Balaban J connectivity index is 1.42. The molecular formula is C28H29F3N2O. The van der Waals surface area contributed by atoms with Crippen LogP contribution in [-0.2, 0) is 18.0 Å². The minimum Gasteiger partial charge on any atom is -0.351 e. The molecule has 1 aliphatic rings. The van der Waals surface area contributed by atoms with E-state index in [2.05, 4.69) is 22.3 Å². The largest absolute Gasteiger partial charge is 0.416 e. The summed E-state index contributed by atoms with van der Waals surface area (Å²) in [5, 5.41) is 3.12. The second kappa shape index (κ2) is 10.4. The van der Waals surface area contributed by atoms with Crippen LogP contribution >= 0.6 is 0 Å². The van der Waals surface area contributed by atoms with Gasteiger partial charge in [0.1, 0.15) is 0 Å². The Morgan fingerprint density at radius 1 is 0.853 bits per heavy atom. The molecular weight excluding hydrogens is 437 g/mol. The predicted molar refractivity (Wildman–Crippen MR) is 128 cm³/mol. The van der Waals surface area contributed by atoms with Crippen molar-refractivity contribution in [2.45, 2.75) is 30.9 Å². The van der Waals surface area contributed by atoms with E-state index in [-0.39, 0.29) is 11.3 Å². The lowest BCUT2D eigenvalue weighted by Gasteiger charge is -2.42. The summed E-state index contributed by atoms with van der Waals surface area (Å²) in [7, 11) is 0. The van der Waals surface area contributed by atoms with Crippen LogP contribution in [-0.4, -0.2) is 37.0 Å². The van der Waals surface area contributed by atoms with Crippen molar-refractivity contribution in [1.82, 2.24) is 10.2 Å². The van der Waals surface area contributed by atoms with Gasteiger partial charge >= 0.3 is 6.18 Å². The molecule has 0 radical (unpaired) electrons. The monoisotopic (exact) mass is 466 g/mol. The summed E-state index contributed by atoms with van der Waals surface area (Å²) in [6, 6.07) is 25.2. The summed E-state index contributed by atoms with van der Waals surface area (Å²) in [4.78, 5) is 14.9. The second-order valence-electron chi connectivity index (χ2n) is 8.94. The van der Waals surface area contributed by atoms with Gasteiger partial charge in [0.25, 0.3) is 5.91 Å². The highest BCUT2D eigenvalue weighted by Gasteiger charge is 2.37. The quantitative estimate of drug-likeness (QED) is 0.484. The Hall–Kier alpha value is -3.12. The first-order chi connectivity index (χ1) is 16.4. The zero-order valence-corrected chi connectivity index (χ0v) is 19.0. The summed E-state index contributed by atoms with van der Waals surface area (Å²) in [5.41, 5.74) is 1.41. The molecule has 1 aliphatic heterocycles. The number of halogens is 3. The number of likely N-dealkylation sites (tertiary alicyclic amines) is 1. The number of carbonyl (C=O) groups excluding carboxylic acids is 1. The van der Waals surface area contributed by atoms with E-state index < -0.39 is 11.7 Å². The number of alkyl halides is 3. The summed E-state index contributed by atoms with van der Waals surface area (Å²) in [6.07, 6.45) is -2.32. The van der Waals surface area contributed by atoms with Crippen LogP contribution in [0.15, 0.2) is 84.9 Å². The molecule has 0 aliphatic carbocycles. The summed E-state index contributed by atoms with van der Waals surface area (Å²) < 4.78 is 40.0. The Labute approximate surface area is 198 Å². The Morgan fingerprint density at radius 3 is 2.09 bits per heavy atom. The Kier molecular flexibility index (Phi) is 7.37. The molecule has 4 rings (SSSR count). The van der Waals surface area contributed by atoms with Gasteiger partial charge in [0.2, 0.25) is 0 Å². The zero-order chi connectivity index (χ0) is 24.0. The highest BCUT2D eigenvalue weighted by atomic mass is 19.4. The van der Waals surface area contributed by atoms with E-state index in [9.17, 15) is 18.0 Å². The van der Waals surface area contributed by atoms with Crippen molar-refractivity contribution >= 4 is 5.91 Å². The van der Waals surface area contributed by atoms with Crippen LogP contribution in [0.2, 0.25) is 0 Å². The van der Waals surface area contributed by atoms with E-state index in [4.69, 9.17) is 0 Å². The fraction of sp³-hybridized carbons (Fsp3) is 0.321. The highest BCUT2D eigenvalue weighted by Crippen LogP contribution is 2.36. The molecule has 34 heavy (non-hydrogen) atoms. The van der Waals surface area contributed by atoms with Gasteiger partial charge in [-0.15, -0.1) is 0 Å². The topological polar surface area (TPSA) is 32.3 Å². The third kappa shape index (κ3) is 5.68. The maximum absolute atomic E-state index is 13.3. The number of amides is 1. The Morgan fingerprint density at radius 2 is 1.44 bits per heavy atom. The zero-order valence-electron chi connectivity index (χ0n) is 19.0. The molecule has 3 aromatic carbocycles. The van der Waals surface area contributed by atoms with Crippen LogP contribution in [0.3, 0.4) is 0 Å². The molecule has 0 spiro atoms. The molecule has 1 saturated heterocycles.